The minimum Gasteiger partial charge on any atom is -0.386 e. The average molecular weight is 300 g/mol. The fourth-order valence-electron chi connectivity index (χ4n) is 3.39. The molecule has 20 heavy (non-hydrogen) atoms. The molecule has 6 unspecified atom stereocenters. The highest BCUT2D eigenvalue weighted by Gasteiger charge is 2.60. The summed E-state index contributed by atoms with van der Waals surface area (Å²) >= 11 is 0. The van der Waals surface area contributed by atoms with E-state index in [2.05, 4.69) is 0 Å². The molecule has 0 aliphatic heterocycles. The molecule has 0 aromatic rings. The maximum Gasteiger partial charge on any atom is 0.420 e. The van der Waals surface area contributed by atoms with Gasteiger partial charge in [-0.15, -0.1) is 0 Å². The van der Waals surface area contributed by atoms with Crippen molar-refractivity contribution in [2.24, 2.45) is 23.7 Å². The van der Waals surface area contributed by atoms with Crippen molar-refractivity contribution >= 4 is 0 Å². The summed E-state index contributed by atoms with van der Waals surface area (Å²) in [6.45, 7) is 1.32. The van der Waals surface area contributed by atoms with Gasteiger partial charge in [0.25, 0.3) is 0 Å². The Labute approximate surface area is 113 Å². The van der Waals surface area contributed by atoms with E-state index in [1.165, 1.54) is 6.92 Å². The predicted molar refractivity (Wildman–Crippen MR) is 61.0 cm³/mol. The molecule has 0 radical (unpaired) electrons. The monoisotopic (exact) mass is 300 g/mol. The largest absolute Gasteiger partial charge is 0.420 e. The first-order valence-corrected chi connectivity index (χ1v) is 6.54. The molecule has 2 N–H and O–H groups in total. The molecule has 1 saturated carbocycles. The Balaban J connectivity index is 2.10. The molecule has 116 valence electrons. The van der Waals surface area contributed by atoms with E-state index in [0.29, 0.717) is 6.42 Å². The van der Waals surface area contributed by atoms with Crippen LogP contribution < -0.4 is 0 Å². The normalized spacial score (nSPS) is 34.3. The summed E-state index contributed by atoms with van der Waals surface area (Å²) in [5.41, 5.74) is 0. The Hall–Kier alpha value is -0.690. The van der Waals surface area contributed by atoms with E-state index >= 15 is 0 Å². The van der Waals surface area contributed by atoms with Crippen LogP contribution in [0.5, 0.6) is 0 Å². The fourth-order valence-corrected chi connectivity index (χ4v) is 3.39. The zero-order chi connectivity index (χ0) is 15.3. The van der Waals surface area contributed by atoms with Crippen molar-refractivity contribution in [1.82, 2.24) is 0 Å². The molecule has 2 rings (SSSR count). The van der Waals surface area contributed by atoms with Gasteiger partial charge in [-0.3, -0.25) is 0 Å². The number of allylic oxidation sites excluding steroid dienone is 2. The van der Waals surface area contributed by atoms with Gasteiger partial charge in [-0.05, 0) is 36.5 Å². The van der Waals surface area contributed by atoms with E-state index in [1.54, 1.807) is 0 Å². The Morgan fingerprint density at radius 2 is 1.65 bits per heavy atom. The zero-order valence-electron chi connectivity index (χ0n) is 10.8. The third-order valence-electron chi connectivity index (χ3n) is 4.57. The van der Waals surface area contributed by atoms with Crippen molar-refractivity contribution in [3.8, 4) is 0 Å². The third-order valence-corrected chi connectivity index (χ3v) is 4.57. The second kappa shape index (κ2) is 4.94. The second-order valence-electron chi connectivity index (χ2n) is 5.87. The quantitative estimate of drug-likeness (QED) is 0.619. The highest BCUT2D eigenvalue weighted by molar-refractivity contribution is 5.12. The molecule has 0 saturated heterocycles. The van der Waals surface area contributed by atoms with Crippen molar-refractivity contribution in [1.29, 1.82) is 0 Å². The van der Waals surface area contributed by atoms with E-state index in [4.69, 9.17) is 5.11 Å². The summed E-state index contributed by atoms with van der Waals surface area (Å²) in [7, 11) is 0. The Kier molecular flexibility index (Phi) is 3.88. The molecule has 0 amide bonds. The molecule has 2 aliphatic rings. The lowest BCUT2D eigenvalue weighted by Crippen LogP contribution is -2.55. The average Bonchev–Trinajstić information content (AvgIpc) is 2.96. The van der Waals surface area contributed by atoms with Crippen LogP contribution in [0.3, 0.4) is 0 Å². The maximum atomic E-state index is 13.6. The van der Waals surface area contributed by atoms with E-state index in [1.807, 2.05) is 12.2 Å². The summed E-state index contributed by atoms with van der Waals surface area (Å²) in [5.74, 6) is -5.60. The smallest absolute Gasteiger partial charge is 0.386 e. The summed E-state index contributed by atoms with van der Waals surface area (Å²) in [6.07, 6.45) is -6.58. The van der Waals surface area contributed by atoms with Crippen LogP contribution in [0.15, 0.2) is 12.2 Å². The highest BCUT2D eigenvalue weighted by atomic mass is 19.4. The van der Waals surface area contributed by atoms with Gasteiger partial charge >= 0.3 is 12.1 Å². The zero-order valence-corrected chi connectivity index (χ0v) is 10.8. The molecule has 0 spiro atoms. The van der Waals surface area contributed by atoms with E-state index in [-0.39, 0.29) is 17.8 Å². The molecule has 2 bridgehead atoms. The SMILES string of the molecule is CC(C1CC2C=CC1C2)C(O)C(F)(F)C(O)C(F)(F)F. The molecular weight excluding hydrogens is 283 g/mol. The first-order chi connectivity index (χ1) is 9.05. The van der Waals surface area contributed by atoms with Gasteiger partial charge in [-0.25, -0.2) is 8.78 Å². The number of hydrogen-bond acceptors (Lipinski definition) is 2. The van der Waals surface area contributed by atoms with E-state index < -0.39 is 30.2 Å². The van der Waals surface area contributed by atoms with Crippen molar-refractivity contribution in [3.05, 3.63) is 12.2 Å². The van der Waals surface area contributed by atoms with Crippen LogP contribution in [0.1, 0.15) is 19.8 Å². The summed E-state index contributed by atoms with van der Waals surface area (Å²) in [4.78, 5) is 0. The predicted octanol–water partition coefficient (Wildman–Crippen LogP) is 2.75. The molecule has 2 aliphatic carbocycles. The minimum absolute atomic E-state index is 0.0310. The van der Waals surface area contributed by atoms with Crippen molar-refractivity contribution in [2.75, 3.05) is 0 Å². The molecule has 1 fully saturated rings. The number of halogens is 5. The van der Waals surface area contributed by atoms with Gasteiger partial charge in [-0.1, -0.05) is 19.1 Å². The molecule has 0 heterocycles. The van der Waals surface area contributed by atoms with Gasteiger partial charge in [0, 0.05) is 0 Å². The summed E-state index contributed by atoms with van der Waals surface area (Å²) in [6, 6.07) is 0. The van der Waals surface area contributed by atoms with Gasteiger partial charge in [-0.2, -0.15) is 13.2 Å². The Morgan fingerprint density at radius 3 is 2.05 bits per heavy atom. The standard InChI is InChI=1S/C13H17F5O2/c1-6(9-5-7-2-3-8(9)4-7)10(19)12(14,15)11(20)13(16,17)18/h2-3,6-11,19-20H,4-5H2,1H3. The van der Waals surface area contributed by atoms with Gasteiger partial charge in [0.05, 0.1) is 0 Å². The second-order valence-corrected chi connectivity index (χ2v) is 5.87. The lowest BCUT2D eigenvalue weighted by atomic mass is 9.78. The highest BCUT2D eigenvalue weighted by Crippen LogP contribution is 2.49. The number of fused-ring (bicyclic) bond motifs is 2. The molecule has 2 nitrogen and oxygen atoms in total. The van der Waals surface area contributed by atoms with Gasteiger partial charge in [0.15, 0.2) is 0 Å². The summed E-state index contributed by atoms with van der Waals surface area (Å²) in [5, 5.41) is 18.4. The molecule has 0 aromatic heterocycles. The summed E-state index contributed by atoms with van der Waals surface area (Å²) < 4.78 is 64.0. The van der Waals surface area contributed by atoms with Crippen LogP contribution in [0, 0.1) is 23.7 Å². The number of aliphatic hydroxyl groups is 2. The topological polar surface area (TPSA) is 40.5 Å². The van der Waals surface area contributed by atoms with Crippen LogP contribution in [0.25, 0.3) is 0 Å². The molecule has 7 heteroatoms. The number of aliphatic hydroxyl groups excluding tert-OH is 2. The Morgan fingerprint density at radius 1 is 1.05 bits per heavy atom. The molecule has 0 aromatic carbocycles. The van der Waals surface area contributed by atoms with Crippen molar-refractivity contribution in [3.63, 3.8) is 0 Å². The van der Waals surface area contributed by atoms with Gasteiger partial charge in [0.2, 0.25) is 6.10 Å². The molecular formula is C13H17F5O2. The number of alkyl halides is 5. The lowest BCUT2D eigenvalue weighted by molar-refractivity contribution is -0.297. The lowest BCUT2D eigenvalue weighted by Gasteiger charge is -2.36. The van der Waals surface area contributed by atoms with E-state index in [9.17, 15) is 27.1 Å². The van der Waals surface area contributed by atoms with Crippen LogP contribution in [0.4, 0.5) is 22.0 Å². The first-order valence-electron chi connectivity index (χ1n) is 6.54. The van der Waals surface area contributed by atoms with Crippen molar-refractivity contribution < 1.29 is 32.2 Å². The van der Waals surface area contributed by atoms with Crippen LogP contribution in [0.2, 0.25) is 0 Å². The van der Waals surface area contributed by atoms with Gasteiger partial charge in [0.1, 0.15) is 6.10 Å². The third kappa shape index (κ3) is 2.57. The first kappa shape index (κ1) is 15.7. The Bertz CT molecular complexity index is 393. The molecule has 6 atom stereocenters. The van der Waals surface area contributed by atoms with Crippen LogP contribution in [-0.2, 0) is 0 Å². The van der Waals surface area contributed by atoms with Crippen molar-refractivity contribution in [2.45, 2.75) is 44.1 Å². The number of rotatable bonds is 4. The van der Waals surface area contributed by atoms with Gasteiger partial charge < -0.3 is 10.2 Å². The fraction of sp³-hybridized carbons (Fsp3) is 0.846. The van der Waals surface area contributed by atoms with Crippen LogP contribution >= 0.6 is 0 Å². The van der Waals surface area contributed by atoms with Crippen LogP contribution in [-0.4, -0.2) is 34.5 Å². The maximum absolute atomic E-state index is 13.6. The number of hydrogen-bond donors (Lipinski definition) is 2. The minimum atomic E-state index is -5.46. The van der Waals surface area contributed by atoms with E-state index in [0.717, 1.165) is 6.42 Å².